The van der Waals surface area contributed by atoms with Crippen LogP contribution in [0.2, 0.25) is 5.02 Å². The van der Waals surface area contributed by atoms with Crippen LogP contribution in [0.1, 0.15) is 36.8 Å². The van der Waals surface area contributed by atoms with Gasteiger partial charge in [-0.1, -0.05) is 97.2 Å². The lowest BCUT2D eigenvalue weighted by Crippen LogP contribution is -2.54. The van der Waals surface area contributed by atoms with Gasteiger partial charge in [-0.3, -0.25) is 13.9 Å². The van der Waals surface area contributed by atoms with E-state index in [-0.39, 0.29) is 29.2 Å². The number of para-hydroxylation sites is 1. The van der Waals surface area contributed by atoms with Crippen LogP contribution >= 0.6 is 11.6 Å². The Labute approximate surface area is 235 Å². The molecule has 9 heteroatoms. The Kier molecular flexibility index (Phi) is 9.64. The van der Waals surface area contributed by atoms with E-state index in [1.54, 1.807) is 24.3 Å². The monoisotopic (exact) mass is 567 g/mol. The number of carbonyl (C=O) groups excluding carboxylic acids is 2. The molecule has 0 saturated heterocycles. The molecule has 3 aromatic rings. The van der Waals surface area contributed by atoms with Crippen LogP contribution in [-0.2, 0) is 32.6 Å². The van der Waals surface area contributed by atoms with Gasteiger partial charge in [-0.25, -0.2) is 8.42 Å². The number of hydrogen-bond acceptors (Lipinski definition) is 4. The highest BCUT2D eigenvalue weighted by Crippen LogP contribution is 2.28. The summed E-state index contributed by atoms with van der Waals surface area (Å²) in [5, 5.41) is 3.37. The third-order valence-electron chi connectivity index (χ3n) is 6.97. The molecule has 3 aromatic carbocycles. The van der Waals surface area contributed by atoms with Crippen LogP contribution in [0.5, 0.6) is 0 Å². The molecule has 0 aromatic heterocycles. The van der Waals surface area contributed by atoms with E-state index in [4.69, 9.17) is 11.6 Å². The van der Waals surface area contributed by atoms with E-state index in [9.17, 15) is 18.0 Å². The largest absolute Gasteiger partial charge is 0.352 e. The van der Waals surface area contributed by atoms with Crippen LogP contribution in [0.25, 0.3) is 0 Å². The predicted molar refractivity (Wildman–Crippen MR) is 155 cm³/mol. The summed E-state index contributed by atoms with van der Waals surface area (Å²) in [7, 11) is -3.86. The number of amides is 2. The number of nitrogens with zero attached hydrogens (tertiary/aromatic N) is 2. The standard InChI is InChI=1S/C30H34ClN3O4S/c1-39(37,38)34(27-19-11-10-18-26(27)31)22-29(35)33(21-24-14-6-3-7-15-24)28(20-23-12-4-2-5-13-23)30(36)32-25-16-8-9-17-25/h2-7,10-15,18-19,25,28H,8-9,16-17,20-22H2,1H3,(H,32,36)/t28-/m1/s1. The second kappa shape index (κ2) is 13.1. The number of benzene rings is 3. The van der Waals surface area contributed by atoms with E-state index in [0.29, 0.717) is 6.42 Å². The Bertz CT molecular complexity index is 1360. The fraction of sp³-hybridized carbons (Fsp3) is 0.333. The number of carbonyl (C=O) groups is 2. The molecule has 1 fully saturated rings. The Morgan fingerprint density at radius 2 is 1.46 bits per heavy atom. The lowest BCUT2D eigenvalue weighted by Gasteiger charge is -2.34. The van der Waals surface area contributed by atoms with Crippen molar-refractivity contribution in [1.29, 1.82) is 0 Å². The molecule has 1 atom stereocenters. The molecule has 1 saturated carbocycles. The van der Waals surface area contributed by atoms with Crippen LogP contribution in [0.4, 0.5) is 5.69 Å². The van der Waals surface area contributed by atoms with Crippen molar-refractivity contribution in [3.63, 3.8) is 0 Å². The summed E-state index contributed by atoms with van der Waals surface area (Å²) in [5.41, 5.74) is 1.95. The molecular weight excluding hydrogens is 534 g/mol. The molecule has 1 N–H and O–H groups in total. The van der Waals surface area contributed by atoms with Crippen molar-refractivity contribution in [2.24, 2.45) is 0 Å². The number of anilines is 1. The fourth-order valence-electron chi connectivity index (χ4n) is 4.95. The van der Waals surface area contributed by atoms with Gasteiger partial charge in [-0.05, 0) is 36.1 Å². The third kappa shape index (κ3) is 7.83. The first-order valence-corrected chi connectivity index (χ1v) is 15.3. The quantitative estimate of drug-likeness (QED) is 0.360. The van der Waals surface area contributed by atoms with Crippen molar-refractivity contribution in [2.75, 3.05) is 17.1 Å². The van der Waals surface area contributed by atoms with E-state index < -0.39 is 28.5 Å². The molecule has 1 aliphatic carbocycles. The van der Waals surface area contributed by atoms with E-state index in [0.717, 1.165) is 47.4 Å². The van der Waals surface area contributed by atoms with E-state index in [1.165, 1.54) is 4.90 Å². The van der Waals surface area contributed by atoms with Crippen LogP contribution in [0, 0.1) is 0 Å². The topological polar surface area (TPSA) is 86.8 Å². The predicted octanol–water partition coefficient (Wildman–Crippen LogP) is 4.80. The third-order valence-corrected chi connectivity index (χ3v) is 8.41. The molecule has 2 amide bonds. The first kappa shape index (κ1) is 28.6. The molecule has 0 unspecified atom stereocenters. The zero-order valence-electron chi connectivity index (χ0n) is 22.0. The van der Waals surface area contributed by atoms with Gasteiger partial charge in [-0.2, -0.15) is 0 Å². The molecule has 0 heterocycles. The summed E-state index contributed by atoms with van der Waals surface area (Å²) in [5.74, 6) is -0.731. The normalized spacial score (nSPS) is 14.5. The van der Waals surface area contributed by atoms with Crippen molar-refractivity contribution in [3.05, 3.63) is 101 Å². The summed E-state index contributed by atoms with van der Waals surface area (Å²) in [6, 6.07) is 24.7. The van der Waals surface area contributed by atoms with Gasteiger partial charge in [-0.15, -0.1) is 0 Å². The molecular formula is C30H34ClN3O4S. The molecule has 206 valence electrons. The van der Waals surface area contributed by atoms with E-state index in [2.05, 4.69) is 5.32 Å². The van der Waals surface area contributed by atoms with Crippen molar-refractivity contribution < 1.29 is 18.0 Å². The van der Waals surface area contributed by atoms with Crippen molar-refractivity contribution in [1.82, 2.24) is 10.2 Å². The summed E-state index contributed by atoms with van der Waals surface area (Å²) in [6.07, 6.45) is 5.27. The maximum Gasteiger partial charge on any atom is 0.244 e. The SMILES string of the molecule is CS(=O)(=O)N(CC(=O)N(Cc1ccccc1)[C@H](Cc1ccccc1)C(=O)NC1CCCC1)c1ccccc1Cl. The maximum absolute atomic E-state index is 14.1. The summed E-state index contributed by atoms with van der Waals surface area (Å²) >= 11 is 6.34. The second-order valence-corrected chi connectivity index (χ2v) is 12.2. The lowest BCUT2D eigenvalue weighted by molar-refractivity contribution is -0.140. The van der Waals surface area contributed by atoms with Crippen molar-refractivity contribution in [3.8, 4) is 0 Å². The number of rotatable bonds is 11. The summed E-state index contributed by atoms with van der Waals surface area (Å²) in [6.45, 7) is -0.340. The molecule has 0 radical (unpaired) electrons. The maximum atomic E-state index is 14.1. The van der Waals surface area contributed by atoms with Gasteiger partial charge in [0, 0.05) is 19.0 Å². The summed E-state index contributed by atoms with van der Waals surface area (Å²) < 4.78 is 26.7. The van der Waals surface area contributed by atoms with Crippen LogP contribution < -0.4 is 9.62 Å². The Morgan fingerprint density at radius 1 is 0.897 bits per heavy atom. The smallest absolute Gasteiger partial charge is 0.244 e. The molecule has 0 bridgehead atoms. The highest BCUT2D eigenvalue weighted by Gasteiger charge is 2.34. The van der Waals surface area contributed by atoms with Gasteiger partial charge >= 0.3 is 0 Å². The summed E-state index contributed by atoms with van der Waals surface area (Å²) in [4.78, 5) is 29.3. The van der Waals surface area contributed by atoms with Gasteiger partial charge in [0.25, 0.3) is 0 Å². The number of hydrogen-bond donors (Lipinski definition) is 1. The highest BCUT2D eigenvalue weighted by molar-refractivity contribution is 7.92. The second-order valence-electron chi connectivity index (χ2n) is 9.92. The first-order valence-electron chi connectivity index (χ1n) is 13.1. The van der Waals surface area contributed by atoms with Gasteiger partial charge in [0.05, 0.1) is 17.0 Å². The zero-order chi connectivity index (χ0) is 27.8. The Hall–Kier alpha value is -3.36. The van der Waals surface area contributed by atoms with Gasteiger partial charge in [0.15, 0.2) is 0 Å². The minimum atomic E-state index is -3.86. The van der Waals surface area contributed by atoms with Crippen molar-refractivity contribution in [2.45, 2.75) is 50.7 Å². The highest BCUT2D eigenvalue weighted by atomic mass is 35.5. The average molecular weight is 568 g/mol. The minimum absolute atomic E-state index is 0.0695. The van der Waals surface area contributed by atoms with Crippen molar-refractivity contribution >= 4 is 39.1 Å². The average Bonchev–Trinajstić information content (AvgIpc) is 3.43. The zero-order valence-corrected chi connectivity index (χ0v) is 23.6. The first-order chi connectivity index (χ1) is 18.7. The minimum Gasteiger partial charge on any atom is -0.352 e. The van der Waals surface area contributed by atoms with E-state index >= 15 is 0 Å². The molecule has 39 heavy (non-hydrogen) atoms. The Morgan fingerprint density at radius 3 is 2.05 bits per heavy atom. The number of sulfonamides is 1. The molecule has 7 nitrogen and oxygen atoms in total. The molecule has 4 rings (SSSR count). The van der Waals surface area contributed by atoms with Gasteiger partial charge < -0.3 is 10.2 Å². The lowest BCUT2D eigenvalue weighted by atomic mass is 10.0. The van der Waals surface area contributed by atoms with Gasteiger partial charge in [0.2, 0.25) is 21.8 Å². The molecule has 0 spiro atoms. The Balaban J connectivity index is 1.71. The van der Waals surface area contributed by atoms with Crippen LogP contribution in [0.15, 0.2) is 84.9 Å². The number of nitrogens with one attached hydrogen (secondary N) is 1. The number of halogens is 1. The van der Waals surface area contributed by atoms with Crippen LogP contribution in [-0.4, -0.2) is 50.0 Å². The molecule has 1 aliphatic rings. The van der Waals surface area contributed by atoms with Gasteiger partial charge in [0.1, 0.15) is 12.6 Å². The fourth-order valence-corrected chi connectivity index (χ4v) is 6.10. The molecule has 0 aliphatic heterocycles. The van der Waals surface area contributed by atoms with Crippen LogP contribution in [0.3, 0.4) is 0 Å². The van der Waals surface area contributed by atoms with E-state index in [1.807, 2.05) is 60.7 Å².